The molecule has 6 aliphatic carbocycles. The molecule has 0 aromatic carbocycles. The van der Waals surface area contributed by atoms with Crippen LogP contribution in [0.5, 0.6) is 0 Å². The minimum absolute atomic E-state index is 0.0297. The van der Waals surface area contributed by atoms with Crippen LogP contribution in [-0.2, 0) is 28.6 Å². The summed E-state index contributed by atoms with van der Waals surface area (Å²) in [5.74, 6) is 0.578. The fraction of sp³-hybridized carbons (Fsp3) is 0.875. The van der Waals surface area contributed by atoms with E-state index in [-0.39, 0.29) is 41.8 Å². The Balaban J connectivity index is 1.30. The lowest BCUT2D eigenvalue weighted by Crippen LogP contribution is -2.63. The minimum atomic E-state index is -0.543. The number of carbonyl (C=O) groups excluding carboxylic acids is 3. The second kappa shape index (κ2) is 6.23. The Bertz CT molecular complexity index is 774. The van der Waals surface area contributed by atoms with Crippen LogP contribution in [0.25, 0.3) is 0 Å². The summed E-state index contributed by atoms with van der Waals surface area (Å²) < 4.78 is 17.7. The van der Waals surface area contributed by atoms with Gasteiger partial charge < -0.3 is 14.2 Å². The number of hydrogen-bond acceptors (Lipinski definition) is 6. The van der Waals surface area contributed by atoms with Crippen LogP contribution in [0.4, 0.5) is 0 Å². The molecule has 0 radical (unpaired) electrons. The summed E-state index contributed by atoms with van der Waals surface area (Å²) in [7, 11) is 0. The smallest absolute Gasteiger partial charge is 0.310 e. The molecule has 6 unspecified atom stereocenters. The first-order valence-corrected chi connectivity index (χ1v) is 11.9. The molecule has 1 heterocycles. The third-order valence-electron chi connectivity index (χ3n) is 9.71. The van der Waals surface area contributed by atoms with Gasteiger partial charge in [0.2, 0.25) is 0 Å². The maximum absolute atomic E-state index is 13.7. The van der Waals surface area contributed by atoms with Crippen molar-refractivity contribution >= 4 is 17.9 Å². The first kappa shape index (κ1) is 19.1. The number of esters is 3. The molecule has 0 aromatic heterocycles. The second-order valence-electron chi connectivity index (χ2n) is 11.3. The molecule has 6 heteroatoms. The van der Waals surface area contributed by atoms with Crippen LogP contribution in [0.2, 0.25) is 0 Å². The van der Waals surface area contributed by atoms with Gasteiger partial charge in [0.25, 0.3) is 0 Å². The fourth-order valence-corrected chi connectivity index (χ4v) is 9.05. The fourth-order valence-electron chi connectivity index (χ4n) is 9.05. The van der Waals surface area contributed by atoms with Crippen LogP contribution >= 0.6 is 0 Å². The number of rotatable bonds is 4. The molecule has 6 bridgehead atoms. The van der Waals surface area contributed by atoms with Gasteiger partial charge in [-0.25, -0.2) is 0 Å². The van der Waals surface area contributed by atoms with Crippen LogP contribution < -0.4 is 0 Å². The molecule has 6 saturated carbocycles. The quantitative estimate of drug-likeness (QED) is 0.518. The standard InChI is InChI=1S/C24H32O6/c1-10(2)24(14-5-12-4-13(7-14)8-15(24)6-12)30-23(27)19-17-9-16-18(19)22(26)29-21(16)20(17)28-11(3)25/h10,12-21H,4-9H2,1-3H3. The predicted octanol–water partition coefficient (Wildman–Crippen LogP) is 3.12. The second-order valence-corrected chi connectivity index (χ2v) is 11.3. The van der Waals surface area contributed by atoms with E-state index in [1.54, 1.807) is 0 Å². The molecular weight excluding hydrogens is 384 g/mol. The predicted molar refractivity (Wildman–Crippen MR) is 105 cm³/mol. The summed E-state index contributed by atoms with van der Waals surface area (Å²) in [6.07, 6.45) is 5.81. The number of ether oxygens (including phenoxy) is 3. The van der Waals surface area contributed by atoms with E-state index < -0.39 is 23.5 Å². The molecule has 7 rings (SSSR count). The molecule has 6 nitrogen and oxygen atoms in total. The van der Waals surface area contributed by atoms with Crippen LogP contribution in [0.3, 0.4) is 0 Å². The zero-order chi connectivity index (χ0) is 20.9. The molecule has 1 aliphatic heterocycles. The topological polar surface area (TPSA) is 78.9 Å². The average molecular weight is 417 g/mol. The number of hydrogen-bond donors (Lipinski definition) is 0. The van der Waals surface area contributed by atoms with Gasteiger partial charge in [0, 0.05) is 18.8 Å². The zero-order valence-electron chi connectivity index (χ0n) is 18.0. The Kier molecular flexibility index (Phi) is 3.97. The Hall–Kier alpha value is -1.59. The Labute approximate surface area is 177 Å². The summed E-state index contributed by atoms with van der Waals surface area (Å²) in [5, 5.41) is 0. The van der Waals surface area contributed by atoms with Gasteiger partial charge in [0.1, 0.15) is 17.8 Å². The highest BCUT2D eigenvalue weighted by Crippen LogP contribution is 2.63. The SMILES string of the molecule is CC(=O)OC1C2CC3C1OC(=O)C3C2C(=O)OC1(C(C)C)C2CC3CC(C2)CC1C3. The lowest BCUT2D eigenvalue weighted by atomic mass is 9.47. The first-order valence-electron chi connectivity index (χ1n) is 11.9. The van der Waals surface area contributed by atoms with Gasteiger partial charge in [0.15, 0.2) is 0 Å². The molecule has 7 fully saturated rings. The number of fused-ring (bicyclic) bond motifs is 1. The van der Waals surface area contributed by atoms with Gasteiger partial charge in [-0.1, -0.05) is 13.8 Å². The van der Waals surface area contributed by atoms with E-state index in [1.807, 2.05) is 0 Å². The molecule has 164 valence electrons. The van der Waals surface area contributed by atoms with Crippen LogP contribution in [0, 0.1) is 53.3 Å². The van der Waals surface area contributed by atoms with E-state index in [1.165, 1.54) is 39.0 Å². The zero-order valence-corrected chi connectivity index (χ0v) is 18.0. The Morgan fingerprint density at radius 1 is 1.00 bits per heavy atom. The molecule has 1 saturated heterocycles. The van der Waals surface area contributed by atoms with E-state index >= 15 is 0 Å². The first-order chi connectivity index (χ1) is 14.3. The van der Waals surface area contributed by atoms with E-state index in [0.717, 1.165) is 11.8 Å². The van der Waals surface area contributed by atoms with Crippen molar-refractivity contribution in [3.05, 3.63) is 0 Å². The normalized spacial score (nSPS) is 52.1. The highest BCUT2D eigenvalue weighted by Gasteiger charge is 2.71. The van der Waals surface area contributed by atoms with Crippen molar-refractivity contribution in [2.45, 2.75) is 77.1 Å². The molecule has 0 spiro atoms. The van der Waals surface area contributed by atoms with Crippen molar-refractivity contribution in [2.24, 2.45) is 53.3 Å². The van der Waals surface area contributed by atoms with Gasteiger partial charge in [-0.2, -0.15) is 0 Å². The lowest BCUT2D eigenvalue weighted by molar-refractivity contribution is -0.231. The van der Waals surface area contributed by atoms with E-state index in [0.29, 0.717) is 18.3 Å². The molecule has 0 N–H and O–H groups in total. The van der Waals surface area contributed by atoms with Gasteiger partial charge >= 0.3 is 17.9 Å². The van der Waals surface area contributed by atoms with E-state index in [9.17, 15) is 14.4 Å². The Morgan fingerprint density at radius 3 is 2.20 bits per heavy atom. The molecule has 6 atom stereocenters. The maximum Gasteiger partial charge on any atom is 0.310 e. The summed E-state index contributed by atoms with van der Waals surface area (Å²) in [4.78, 5) is 38.0. The van der Waals surface area contributed by atoms with Crippen molar-refractivity contribution in [2.75, 3.05) is 0 Å². The third kappa shape index (κ3) is 2.34. The van der Waals surface area contributed by atoms with Gasteiger partial charge in [-0.05, 0) is 68.1 Å². The highest BCUT2D eigenvalue weighted by atomic mass is 16.6. The van der Waals surface area contributed by atoms with Gasteiger partial charge in [0.05, 0.1) is 11.8 Å². The largest absolute Gasteiger partial charge is 0.458 e. The number of carbonyl (C=O) groups is 3. The maximum atomic E-state index is 13.7. The monoisotopic (exact) mass is 416 g/mol. The van der Waals surface area contributed by atoms with Crippen molar-refractivity contribution < 1.29 is 28.6 Å². The Morgan fingerprint density at radius 2 is 1.63 bits per heavy atom. The van der Waals surface area contributed by atoms with Gasteiger partial charge in [-0.3, -0.25) is 14.4 Å². The van der Waals surface area contributed by atoms with Crippen LogP contribution in [0.15, 0.2) is 0 Å². The van der Waals surface area contributed by atoms with Gasteiger partial charge in [-0.15, -0.1) is 0 Å². The molecule has 0 aromatic rings. The van der Waals surface area contributed by atoms with Crippen molar-refractivity contribution in [3.8, 4) is 0 Å². The molecule has 0 amide bonds. The van der Waals surface area contributed by atoms with Crippen LogP contribution in [-0.4, -0.2) is 35.7 Å². The molecule has 7 aliphatic rings. The third-order valence-corrected chi connectivity index (χ3v) is 9.71. The molecule has 30 heavy (non-hydrogen) atoms. The molecular formula is C24H32O6. The van der Waals surface area contributed by atoms with Crippen molar-refractivity contribution in [1.29, 1.82) is 0 Å². The highest BCUT2D eigenvalue weighted by molar-refractivity contribution is 5.86. The average Bonchev–Trinajstić information content (AvgIpc) is 3.27. The van der Waals surface area contributed by atoms with E-state index in [2.05, 4.69) is 13.8 Å². The van der Waals surface area contributed by atoms with Crippen LogP contribution in [0.1, 0.15) is 59.3 Å². The minimum Gasteiger partial charge on any atom is -0.458 e. The van der Waals surface area contributed by atoms with Crippen molar-refractivity contribution in [3.63, 3.8) is 0 Å². The van der Waals surface area contributed by atoms with E-state index in [4.69, 9.17) is 14.2 Å². The summed E-state index contributed by atoms with van der Waals surface area (Å²) in [6.45, 7) is 5.76. The van der Waals surface area contributed by atoms with Crippen molar-refractivity contribution in [1.82, 2.24) is 0 Å². The summed E-state index contributed by atoms with van der Waals surface area (Å²) in [5.41, 5.74) is -0.412. The summed E-state index contributed by atoms with van der Waals surface area (Å²) >= 11 is 0. The summed E-state index contributed by atoms with van der Waals surface area (Å²) in [6, 6.07) is 0. The lowest BCUT2D eigenvalue weighted by Gasteiger charge is -2.62.